The van der Waals surface area contributed by atoms with Crippen molar-refractivity contribution in [3.63, 3.8) is 0 Å². The fourth-order valence-electron chi connectivity index (χ4n) is 3.97. The van der Waals surface area contributed by atoms with E-state index < -0.39 is 5.92 Å². The molecule has 2 aromatic carbocycles. The molecule has 2 aliphatic heterocycles. The molecule has 0 aliphatic carbocycles. The largest absolute Gasteiger partial charge is 0.496 e. The molecule has 1 amide bonds. The Labute approximate surface area is 199 Å². The van der Waals surface area contributed by atoms with Gasteiger partial charge < -0.3 is 19.1 Å². The fraction of sp³-hybridized carbons (Fsp3) is 0.304. The lowest BCUT2D eigenvalue weighted by atomic mass is 9.85. The van der Waals surface area contributed by atoms with Crippen LogP contribution in [-0.2, 0) is 4.79 Å². The molecule has 32 heavy (non-hydrogen) atoms. The number of fused-ring (bicyclic) bond motifs is 1. The minimum Gasteiger partial charge on any atom is -0.496 e. The predicted octanol–water partition coefficient (Wildman–Crippen LogP) is 4.69. The Balaban J connectivity index is 1.72. The van der Waals surface area contributed by atoms with Gasteiger partial charge in [-0.05, 0) is 30.3 Å². The number of amides is 1. The van der Waals surface area contributed by atoms with Gasteiger partial charge >= 0.3 is 0 Å². The van der Waals surface area contributed by atoms with Gasteiger partial charge in [0.15, 0.2) is 11.5 Å². The topological polar surface area (TPSA) is 75.0 Å². The molecule has 9 heteroatoms. The number of hydrogen-bond acceptors (Lipinski definition) is 7. The van der Waals surface area contributed by atoms with Gasteiger partial charge in [0.2, 0.25) is 5.91 Å². The number of allylic oxidation sites excluding steroid dienone is 1. The Kier molecular flexibility index (Phi) is 6.53. The number of carbonyl (C=O) groups excluding carboxylic acids is 1. The van der Waals surface area contributed by atoms with Crippen LogP contribution in [0.3, 0.4) is 0 Å². The van der Waals surface area contributed by atoms with Crippen LogP contribution >= 0.6 is 27.7 Å². The summed E-state index contributed by atoms with van der Waals surface area (Å²) in [4.78, 5) is 17.0. The number of ether oxygens (including phenoxy) is 3. The van der Waals surface area contributed by atoms with Crippen molar-refractivity contribution in [3.8, 4) is 23.3 Å². The number of hydrogen-bond donors (Lipinski definition) is 0. The summed E-state index contributed by atoms with van der Waals surface area (Å²) in [5, 5.41) is 10.8. The molecule has 0 N–H and O–H groups in total. The molecule has 1 saturated heterocycles. The second-order valence-electron chi connectivity index (χ2n) is 7.29. The summed E-state index contributed by atoms with van der Waals surface area (Å²) in [5.74, 6) is 1.80. The van der Waals surface area contributed by atoms with E-state index in [1.807, 2.05) is 24.3 Å². The number of methoxy groups -OCH3 is 3. The van der Waals surface area contributed by atoms with Gasteiger partial charge in [-0.2, -0.15) is 5.26 Å². The van der Waals surface area contributed by atoms with E-state index in [-0.39, 0.29) is 12.3 Å². The molecule has 0 radical (unpaired) electrons. The van der Waals surface area contributed by atoms with Gasteiger partial charge in [-0.15, -0.1) is 0 Å². The van der Waals surface area contributed by atoms with Crippen LogP contribution in [0.1, 0.15) is 17.9 Å². The summed E-state index contributed by atoms with van der Waals surface area (Å²) in [6, 6.07) is 13.9. The zero-order valence-electron chi connectivity index (χ0n) is 17.9. The standard InChI is InChI=1S/C23H22BrN3O4S/c1-29-19-10-21(31-3)20(30-2)8-17(19)16-9-22(28)27-12-26(13-32-23(27)18(16)11-25)15-6-4-14(24)5-7-15/h4-8,10,16H,9,12-13H2,1-3H3/t16-/m0/s1. The first kappa shape index (κ1) is 22.4. The first-order valence-electron chi connectivity index (χ1n) is 9.88. The van der Waals surface area contributed by atoms with E-state index in [0.29, 0.717) is 40.4 Å². The SMILES string of the molecule is COc1cc(OC)c([C@@H]2CC(=O)N3CN(c4ccc(Br)cc4)CSC3=C2C#N)cc1OC. The molecule has 1 fully saturated rings. The lowest BCUT2D eigenvalue weighted by Gasteiger charge is -2.42. The van der Waals surface area contributed by atoms with E-state index in [0.717, 1.165) is 15.7 Å². The molecule has 166 valence electrons. The van der Waals surface area contributed by atoms with E-state index in [4.69, 9.17) is 14.2 Å². The van der Waals surface area contributed by atoms with E-state index in [1.54, 1.807) is 38.4 Å². The second kappa shape index (κ2) is 9.35. The van der Waals surface area contributed by atoms with Crippen LogP contribution in [0.5, 0.6) is 17.2 Å². The van der Waals surface area contributed by atoms with Crippen LogP contribution in [0.2, 0.25) is 0 Å². The summed E-state index contributed by atoms with van der Waals surface area (Å²) in [5.41, 5.74) is 2.32. The zero-order chi connectivity index (χ0) is 22.8. The van der Waals surface area contributed by atoms with Crippen molar-refractivity contribution in [1.82, 2.24) is 4.90 Å². The number of halogens is 1. The molecule has 2 heterocycles. The van der Waals surface area contributed by atoms with E-state index in [2.05, 4.69) is 26.9 Å². The lowest BCUT2D eigenvalue weighted by molar-refractivity contribution is -0.129. The van der Waals surface area contributed by atoms with Crippen molar-refractivity contribution in [2.24, 2.45) is 0 Å². The molecule has 1 atom stereocenters. The van der Waals surface area contributed by atoms with Gasteiger partial charge in [-0.25, -0.2) is 0 Å². The molecule has 0 aromatic heterocycles. The van der Waals surface area contributed by atoms with Crippen LogP contribution in [0.4, 0.5) is 5.69 Å². The molecule has 0 saturated carbocycles. The summed E-state index contributed by atoms with van der Waals surface area (Å²) in [6.45, 7) is 0.407. The van der Waals surface area contributed by atoms with Crippen molar-refractivity contribution in [1.29, 1.82) is 5.26 Å². The molecule has 0 bridgehead atoms. The summed E-state index contributed by atoms with van der Waals surface area (Å²) in [7, 11) is 4.67. The van der Waals surface area contributed by atoms with Gasteiger partial charge in [0.05, 0.1) is 50.5 Å². The summed E-state index contributed by atoms with van der Waals surface area (Å²) >= 11 is 4.95. The van der Waals surface area contributed by atoms with Crippen molar-refractivity contribution in [2.45, 2.75) is 12.3 Å². The highest BCUT2D eigenvalue weighted by Gasteiger charge is 2.39. The van der Waals surface area contributed by atoms with Gasteiger partial charge in [-0.1, -0.05) is 27.7 Å². The normalized spacial score (nSPS) is 18.2. The van der Waals surface area contributed by atoms with Gasteiger partial charge in [-0.3, -0.25) is 9.69 Å². The van der Waals surface area contributed by atoms with Gasteiger partial charge in [0.25, 0.3) is 0 Å². The minimum atomic E-state index is -0.416. The maximum atomic E-state index is 13.2. The highest BCUT2D eigenvalue weighted by molar-refractivity contribution is 9.10. The van der Waals surface area contributed by atoms with Crippen LogP contribution in [0.15, 0.2) is 51.5 Å². The van der Waals surface area contributed by atoms with E-state index in [1.165, 1.54) is 11.8 Å². The molecular weight excluding hydrogens is 494 g/mol. The number of rotatable bonds is 5. The quantitative estimate of drug-likeness (QED) is 0.571. The first-order chi connectivity index (χ1) is 15.5. The van der Waals surface area contributed by atoms with E-state index >= 15 is 0 Å². The molecule has 0 unspecified atom stereocenters. The Hall–Kier alpha value is -2.83. The maximum absolute atomic E-state index is 13.2. The Bertz CT molecular complexity index is 1110. The Morgan fingerprint density at radius 1 is 1.06 bits per heavy atom. The molecule has 7 nitrogen and oxygen atoms in total. The predicted molar refractivity (Wildman–Crippen MR) is 127 cm³/mol. The molecule has 2 aliphatic rings. The third-order valence-corrected chi connectivity index (χ3v) is 7.28. The average Bonchev–Trinajstić information content (AvgIpc) is 2.83. The molecule has 0 spiro atoms. The van der Waals surface area contributed by atoms with Crippen molar-refractivity contribution in [3.05, 3.63) is 57.0 Å². The monoisotopic (exact) mass is 515 g/mol. The van der Waals surface area contributed by atoms with Crippen LogP contribution < -0.4 is 19.1 Å². The Morgan fingerprint density at radius 3 is 2.34 bits per heavy atom. The zero-order valence-corrected chi connectivity index (χ0v) is 20.3. The third kappa shape index (κ3) is 4.00. The first-order valence-corrected chi connectivity index (χ1v) is 11.7. The number of benzene rings is 2. The number of thioether (sulfide) groups is 1. The molecule has 2 aromatic rings. The highest BCUT2D eigenvalue weighted by Crippen LogP contribution is 2.47. The lowest BCUT2D eigenvalue weighted by Crippen LogP contribution is -2.47. The molecule has 4 rings (SSSR count). The number of nitrogens with zero attached hydrogens (tertiary/aromatic N) is 3. The minimum absolute atomic E-state index is 0.0323. The Morgan fingerprint density at radius 2 is 1.72 bits per heavy atom. The maximum Gasteiger partial charge on any atom is 0.229 e. The van der Waals surface area contributed by atoms with Gasteiger partial charge in [0.1, 0.15) is 5.75 Å². The number of nitriles is 1. The molecular formula is C23H22BrN3O4S. The second-order valence-corrected chi connectivity index (χ2v) is 9.14. The number of anilines is 1. The summed E-state index contributed by atoms with van der Waals surface area (Å²) < 4.78 is 17.4. The van der Waals surface area contributed by atoms with E-state index in [9.17, 15) is 10.1 Å². The third-order valence-electron chi connectivity index (χ3n) is 5.60. The number of carbonyl (C=O) groups is 1. The van der Waals surface area contributed by atoms with Crippen LogP contribution in [0, 0.1) is 11.3 Å². The fourth-order valence-corrected chi connectivity index (χ4v) is 5.40. The van der Waals surface area contributed by atoms with Crippen molar-refractivity contribution >= 4 is 39.3 Å². The smallest absolute Gasteiger partial charge is 0.229 e. The summed E-state index contributed by atoms with van der Waals surface area (Å²) in [6.07, 6.45) is 0.174. The van der Waals surface area contributed by atoms with Crippen molar-refractivity contribution < 1.29 is 19.0 Å². The average molecular weight is 516 g/mol. The van der Waals surface area contributed by atoms with Crippen LogP contribution in [-0.4, -0.2) is 44.7 Å². The van der Waals surface area contributed by atoms with Gasteiger partial charge in [0, 0.05) is 34.1 Å². The van der Waals surface area contributed by atoms with Crippen LogP contribution in [0.25, 0.3) is 0 Å². The highest BCUT2D eigenvalue weighted by atomic mass is 79.9. The van der Waals surface area contributed by atoms with Crippen molar-refractivity contribution in [2.75, 3.05) is 38.8 Å².